The first-order valence-corrected chi connectivity index (χ1v) is 9.15. The van der Waals surface area contributed by atoms with Gasteiger partial charge >= 0.3 is 6.03 Å². The molecule has 0 aliphatic carbocycles. The van der Waals surface area contributed by atoms with E-state index in [1.165, 1.54) is 6.33 Å². The van der Waals surface area contributed by atoms with Crippen molar-refractivity contribution in [3.8, 4) is 0 Å². The lowest BCUT2D eigenvalue weighted by molar-refractivity contribution is 0.252. The second-order valence-electron chi connectivity index (χ2n) is 7.29. The van der Waals surface area contributed by atoms with E-state index in [9.17, 15) is 4.79 Å². The van der Waals surface area contributed by atoms with Crippen LogP contribution in [0.3, 0.4) is 0 Å². The molecular weight excluding hydrogens is 346 g/mol. The molecule has 0 radical (unpaired) electrons. The minimum absolute atomic E-state index is 0.0589. The highest BCUT2D eigenvalue weighted by Crippen LogP contribution is 2.30. The molecular formula is C17H21N9O. The van der Waals surface area contributed by atoms with E-state index < -0.39 is 0 Å². The van der Waals surface area contributed by atoms with Crippen LogP contribution in [0.1, 0.15) is 31.5 Å². The molecule has 5 rings (SSSR count). The monoisotopic (exact) mass is 367 g/mol. The van der Waals surface area contributed by atoms with Crippen LogP contribution in [0.25, 0.3) is 5.78 Å². The summed E-state index contributed by atoms with van der Waals surface area (Å²) in [5.74, 6) is 1.95. The third-order valence-electron chi connectivity index (χ3n) is 5.16. The van der Waals surface area contributed by atoms with Crippen LogP contribution in [0, 0.1) is 0 Å². The Balaban J connectivity index is 1.35. The van der Waals surface area contributed by atoms with Crippen molar-refractivity contribution >= 4 is 23.3 Å². The van der Waals surface area contributed by atoms with Crippen molar-refractivity contribution in [3.05, 3.63) is 30.5 Å². The first-order valence-electron chi connectivity index (χ1n) is 9.15. The SMILES string of the molecule is CC(C)c1cc(N2CC(n3cc(N4CCNC4=O)cn3)C2)n2ncnc2n1. The van der Waals surface area contributed by atoms with E-state index in [1.807, 2.05) is 10.9 Å². The summed E-state index contributed by atoms with van der Waals surface area (Å²) >= 11 is 0. The van der Waals surface area contributed by atoms with Crippen LogP contribution in [0.2, 0.25) is 0 Å². The van der Waals surface area contributed by atoms with Crippen molar-refractivity contribution in [2.24, 2.45) is 0 Å². The number of nitrogens with one attached hydrogen (secondary N) is 1. The Morgan fingerprint density at radius 1 is 1.26 bits per heavy atom. The molecule has 0 atom stereocenters. The molecule has 0 bridgehead atoms. The highest BCUT2D eigenvalue weighted by Gasteiger charge is 2.32. The number of aromatic nitrogens is 6. The van der Waals surface area contributed by atoms with Gasteiger partial charge in [0.05, 0.1) is 23.6 Å². The minimum Gasteiger partial charge on any atom is -0.352 e. The predicted molar refractivity (Wildman–Crippen MR) is 99.1 cm³/mol. The van der Waals surface area contributed by atoms with Crippen molar-refractivity contribution in [2.45, 2.75) is 25.8 Å². The second kappa shape index (κ2) is 5.93. The molecule has 2 aliphatic heterocycles. The highest BCUT2D eigenvalue weighted by molar-refractivity contribution is 5.93. The number of hydrogen-bond acceptors (Lipinski definition) is 6. The Morgan fingerprint density at radius 2 is 2.11 bits per heavy atom. The standard InChI is InChI=1S/C17H21N9O/c1-11(2)14-5-15(26-16(22-14)19-10-21-26)23-7-13(8-23)25-9-12(6-20-25)24-4-3-18-17(24)27/h5-6,9-11,13H,3-4,7-8H2,1-2H3,(H,18,27). The molecule has 10 heteroatoms. The highest BCUT2D eigenvalue weighted by atomic mass is 16.2. The fourth-order valence-electron chi connectivity index (χ4n) is 3.53. The maximum atomic E-state index is 11.8. The molecule has 0 unspecified atom stereocenters. The van der Waals surface area contributed by atoms with Crippen molar-refractivity contribution in [3.63, 3.8) is 0 Å². The Morgan fingerprint density at radius 3 is 2.85 bits per heavy atom. The van der Waals surface area contributed by atoms with Gasteiger partial charge in [-0.25, -0.2) is 9.78 Å². The van der Waals surface area contributed by atoms with E-state index in [-0.39, 0.29) is 12.1 Å². The fraction of sp³-hybridized carbons (Fsp3) is 0.471. The van der Waals surface area contributed by atoms with Gasteiger partial charge in [0.15, 0.2) is 0 Å². The van der Waals surface area contributed by atoms with E-state index in [4.69, 9.17) is 0 Å². The average Bonchev–Trinajstić information content (AvgIpc) is 3.33. The largest absolute Gasteiger partial charge is 0.352 e. The zero-order chi connectivity index (χ0) is 18.5. The first-order chi connectivity index (χ1) is 13.1. The van der Waals surface area contributed by atoms with Gasteiger partial charge in [-0.1, -0.05) is 13.8 Å². The number of nitrogens with zero attached hydrogens (tertiary/aromatic N) is 8. The second-order valence-corrected chi connectivity index (χ2v) is 7.29. The van der Waals surface area contributed by atoms with Crippen LogP contribution in [0.15, 0.2) is 24.8 Å². The molecule has 2 fully saturated rings. The van der Waals surface area contributed by atoms with Gasteiger partial charge in [0, 0.05) is 38.4 Å². The molecule has 2 aliphatic rings. The molecule has 10 nitrogen and oxygen atoms in total. The molecule has 2 saturated heterocycles. The lowest BCUT2D eigenvalue weighted by Crippen LogP contribution is -2.49. The third-order valence-corrected chi connectivity index (χ3v) is 5.16. The van der Waals surface area contributed by atoms with Crippen molar-refractivity contribution < 1.29 is 4.79 Å². The molecule has 5 heterocycles. The van der Waals surface area contributed by atoms with Crippen molar-refractivity contribution in [2.75, 3.05) is 36.0 Å². The summed E-state index contributed by atoms with van der Waals surface area (Å²) in [5, 5.41) is 11.6. The zero-order valence-corrected chi connectivity index (χ0v) is 15.3. The lowest BCUT2D eigenvalue weighted by atomic mass is 10.1. The quantitative estimate of drug-likeness (QED) is 0.740. The number of carbonyl (C=O) groups is 1. The maximum absolute atomic E-state index is 11.8. The number of urea groups is 1. The van der Waals surface area contributed by atoms with E-state index in [1.54, 1.807) is 15.6 Å². The predicted octanol–water partition coefficient (Wildman–Crippen LogP) is 1.04. The zero-order valence-electron chi connectivity index (χ0n) is 15.3. The van der Waals surface area contributed by atoms with Crippen LogP contribution in [0.4, 0.5) is 16.3 Å². The summed E-state index contributed by atoms with van der Waals surface area (Å²) in [4.78, 5) is 24.6. The van der Waals surface area contributed by atoms with Crippen LogP contribution in [-0.2, 0) is 0 Å². The van der Waals surface area contributed by atoms with Gasteiger partial charge in [0.25, 0.3) is 5.78 Å². The summed E-state index contributed by atoms with van der Waals surface area (Å²) in [6, 6.07) is 2.29. The maximum Gasteiger partial charge on any atom is 0.322 e. The number of rotatable bonds is 4. The van der Waals surface area contributed by atoms with Crippen molar-refractivity contribution in [1.29, 1.82) is 0 Å². The van der Waals surface area contributed by atoms with E-state index in [0.717, 1.165) is 30.3 Å². The Labute approximate surface area is 155 Å². The van der Waals surface area contributed by atoms with E-state index in [2.05, 4.69) is 50.3 Å². The Bertz CT molecular complexity index is 1000. The van der Waals surface area contributed by atoms with Gasteiger partial charge in [0.2, 0.25) is 0 Å². The van der Waals surface area contributed by atoms with Crippen molar-refractivity contribution in [1.82, 2.24) is 34.7 Å². The lowest BCUT2D eigenvalue weighted by Gasteiger charge is -2.40. The van der Waals surface area contributed by atoms with Crippen LogP contribution in [-0.4, -0.2) is 61.6 Å². The molecule has 1 N–H and O–H groups in total. The molecule has 3 aromatic heterocycles. The van der Waals surface area contributed by atoms with Gasteiger partial charge in [-0.15, -0.1) is 0 Å². The third kappa shape index (κ3) is 2.59. The smallest absolute Gasteiger partial charge is 0.322 e. The van der Waals surface area contributed by atoms with E-state index in [0.29, 0.717) is 24.8 Å². The molecule has 27 heavy (non-hydrogen) atoms. The summed E-state index contributed by atoms with van der Waals surface area (Å²) in [6.07, 6.45) is 5.24. The summed E-state index contributed by atoms with van der Waals surface area (Å²) in [7, 11) is 0. The molecule has 2 amide bonds. The van der Waals surface area contributed by atoms with Crippen LogP contribution < -0.4 is 15.1 Å². The van der Waals surface area contributed by atoms with Crippen LogP contribution in [0.5, 0.6) is 0 Å². The number of fused-ring (bicyclic) bond motifs is 1. The molecule has 140 valence electrons. The van der Waals surface area contributed by atoms with E-state index >= 15 is 0 Å². The summed E-state index contributed by atoms with van der Waals surface area (Å²) in [5.41, 5.74) is 1.85. The summed E-state index contributed by atoms with van der Waals surface area (Å²) < 4.78 is 3.73. The van der Waals surface area contributed by atoms with Gasteiger partial charge in [-0.2, -0.15) is 19.7 Å². The normalized spacial score (nSPS) is 17.8. The number of anilines is 2. The molecule has 0 aromatic carbocycles. The first kappa shape index (κ1) is 16.0. The Kier molecular flexibility index (Phi) is 3.52. The number of amides is 2. The van der Waals surface area contributed by atoms with Gasteiger partial charge in [0.1, 0.15) is 12.1 Å². The molecule has 0 saturated carbocycles. The fourth-order valence-corrected chi connectivity index (χ4v) is 3.53. The van der Waals surface area contributed by atoms with Gasteiger partial charge in [-0.3, -0.25) is 9.58 Å². The topological polar surface area (TPSA) is 96.5 Å². The van der Waals surface area contributed by atoms with Gasteiger partial charge in [-0.05, 0) is 5.92 Å². The molecule has 3 aromatic rings. The number of carbonyl (C=O) groups excluding carboxylic acids is 1. The van der Waals surface area contributed by atoms with Gasteiger partial charge < -0.3 is 10.2 Å². The number of hydrogen-bond donors (Lipinski definition) is 1. The minimum atomic E-state index is -0.0589. The molecule has 0 spiro atoms. The Hall–Kier alpha value is -3.17. The average molecular weight is 367 g/mol. The summed E-state index contributed by atoms with van der Waals surface area (Å²) in [6.45, 7) is 7.25. The van der Waals surface area contributed by atoms with Crippen LogP contribution >= 0.6 is 0 Å².